The second-order valence-electron chi connectivity index (χ2n) is 4.03. The summed E-state index contributed by atoms with van der Waals surface area (Å²) in [5, 5.41) is 3.34. The number of benzene rings is 1. The lowest BCUT2D eigenvalue weighted by atomic mass is 10.1. The first-order valence-electron chi connectivity index (χ1n) is 5.77. The molecule has 1 saturated heterocycles. The third-order valence-corrected chi connectivity index (χ3v) is 2.68. The highest BCUT2D eigenvalue weighted by Crippen LogP contribution is 2.10. The van der Waals surface area contributed by atoms with Gasteiger partial charge in [0.15, 0.2) is 0 Å². The molecule has 0 amide bonds. The fraction of sp³-hybridized carbons (Fsp3) is 0.429. The van der Waals surface area contributed by atoms with Gasteiger partial charge in [0.25, 0.3) is 0 Å². The van der Waals surface area contributed by atoms with Crippen molar-refractivity contribution in [1.29, 1.82) is 0 Å². The van der Waals surface area contributed by atoms with Crippen LogP contribution in [-0.4, -0.2) is 26.3 Å². The summed E-state index contributed by atoms with van der Waals surface area (Å²) in [7, 11) is 0. The van der Waals surface area contributed by atoms with E-state index in [-0.39, 0.29) is 0 Å². The molecule has 0 saturated carbocycles. The van der Waals surface area contributed by atoms with Crippen LogP contribution >= 0.6 is 0 Å². The summed E-state index contributed by atoms with van der Waals surface area (Å²) in [6.45, 7) is 3.59. The third-order valence-electron chi connectivity index (χ3n) is 2.68. The van der Waals surface area contributed by atoms with Crippen LogP contribution < -0.4 is 5.32 Å². The van der Waals surface area contributed by atoms with Crippen molar-refractivity contribution in [3.8, 4) is 11.8 Å². The maximum atomic E-state index is 5.31. The fourth-order valence-corrected chi connectivity index (χ4v) is 1.75. The molecule has 0 aromatic heterocycles. The van der Waals surface area contributed by atoms with Gasteiger partial charge in [-0.25, -0.2) is 0 Å². The number of rotatable bonds is 3. The molecule has 1 heterocycles. The average molecular weight is 215 g/mol. The summed E-state index contributed by atoms with van der Waals surface area (Å²) >= 11 is 0. The highest BCUT2D eigenvalue weighted by molar-refractivity contribution is 5.33. The van der Waals surface area contributed by atoms with Crippen LogP contribution in [0.1, 0.15) is 12.0 Å². The van der Waals surface area contributed by atoms with Crippen molar-refractivity contribution in [3.63, 3.8) is 0 Å². The summed E-state index contributed by atoms with van der Waals surface area (Å²) < 4.78 is 5.31. The van der Waals surface area contributed by atoms with E-state index in [2.05, 4.69) is 17.2 Å². The molecule has 0 radical (unpaired) electrons. The molecule has 1 unspecified atom stereocenters. The second kappa shape index (κ2) is 6.32. The van der Waals surface area contributed by atoms with Crippen LogP contribution in [0.25, 0.3) is 0 Å². The van der Waals surface area contributed by atoms with E-state index in [1.165, 1.54) is 6.42 Å². The molecular formula is C14H17NO. The molecule has 0 aliphatic carbocycles. The quantitative estimate of drug-likeness (QED) is 0.611. The molecular weight excluding hydrogens is 198 g/mol. The lowest BCUT2D eigenvalue weighted by Crippen LogP contribution is -2.23. The Hall–Kier alpha value is -1.30. The van der Waals surface area contributed by atoms with Crippen molar-refractivity contribution in [3.05, 3.63) is 35.9 Å². The van der Waals surface area contributed by atoms with Crippen LogP contribution in [0.15, 0.2) is 30.3 Å². The van der Waals surface area contributed by atoms with Gasteiger partial charge in [0.2, 0.25) is 0 Å². The molecule has 1 aromatic carbocycles. The van der Waals surface area contributed by atoms with Gasteiger partial charge in [0.1, 0.15) is 0 Å². The number of hydrogen-bond donors (Lipinski definition) is 1. The maximum Gasteiger partial charge on any atom is 0.0580 e. The van der Waals surface area contributed by atoms with E-state index in [1.807, 2.05) is 30.3 Å². The molecule has 1 N–H and O–H groups in total. The van der Waals surface area contributed by atoms with E-state index < -0.39 is 0 Å². The molecule has 1 aliphatic rings. The lowest BCUT2D eigenvalue weighted by molar-refractivity contribution is 0.185. The zero-order valence-electron chi connectivity index (χ0n) is 9.41. The zero-order valence-corrected chi connectivity index (χ0v) is 9.41. The first-order chi connectivity index (χ1) is 7.95. The lowest BCUT2D eigenvalue weighted by Gasteiger charge is -2.05. The topological polar surface area (TPSA) is 21.3 Å². The van der Waals surface area contributed by atoms with Crippen LogP contribution in [0.3, 0.4) is 0 Å². The molecule has 2 rings (SSSR count). The summed E-state index contributed by atoms with van der Waals surface area (Å²) in [5.41, 5.74) is 1.08. The summed E-state index contributed by atoms with van der Waals surface area (Å²) in [5.74, 6) is 6.93. The molecule has 84 valence electrons. The van der Waals surface area contributed by atoms with E-state index in [4.69, 9.17) is 4.74 Å². The monoisotopic (exact) mass is 215 g/mol. The van der Waals surface area contributed by atoms with Gasteiger partial charge in [0.05, 0.1) is 13.2 Å². The minimum atomic E-state index is 0.679. The summed E-state index contributed by atoms with van der Waals surface area (Å²) in [4.78, 5) is 0. The highest BCUT2D eigenvalue weighted by atomic mass is 16.5. The standard InChI is InChI=1S/C14H17NO/c1-2-5-13(6-3-1)7-4-9-15-11-14-8-10-16-12-14/h1-3,5-6,14-15H,8-12H2. The normalized spacial score (nSPS) is 19.1. The fourth-order valence-electron chi connectivity index (χ4n) is 1.75. The van der Waals surface area contributed by atoms with Crippen molar-refractivity contribution in [2.24, 2.45) is 5.92 Å². The first kappa shape index (κ1) is 11.2. The molecule has 2 nitrogen and oxygen atoms in total. The van der Waals surface area contributed by atoms with Gasteiger partial charge in [0, 0.05) is 18.7 Å². The first-order valence-corrected chi connectivity index (χ1v) is 5.77. The van der Waals surface area contributed by atoms with Gasteiger partial charge >= 0.3 is 0 Å². The highest BCUT2D eigenvalue weighted by Gasteiger charge is 2.13. The Labute approximate surface area is 97.0 Å². The Bertz CT molecular complexity index is 357. The average Bonchev–Trinajstić information content (AvgIpc) is 2.83. The van der Waals surface area contributed by atoms with Gasteiger partial charge < -0.3 is 10.1 Å². The van der Waals surface area contributed by atoms with Gasteiger partial charge in [-0.3, -0.25) is 0 Å². The molecule has 1 aromatic rings. The van der Waals surface area contributed by atoms with Crippen LogP contribution in [0, 0.1) is 17.8 Å². The molecule has 0 bridgehead atoms. The Morgan fingerprint density at radius 2 is 2.19 bits per heavy atom. The van der Waals surface area contributed by atoms with Crippen molar-refractivity contribution in [2.45, 2.75) is 6.42 Å². The largest absolute Gasteiger partial charge is 0.381 e. The van der Waals surface area contributed by atoms with Crippen molar-refractivity contribution < 1.29 is 4.74 Å². The minimum Gasteiger partial charge on any atom is -0.381 e. The zero-order chi connectivity index (χ0) is 11.1. The van der Waals surface area contributed by atoms with E-state index in [0.717, 1.165) is 31.9 Å². The third kappa shape index (κ3) is 3.69. The van der Waals surface area contributed by atoms with Gasteiger partial charge in [-0.2, -0.15) is 0 Å². The SMILES string of the molecule is C(#Cc1ccccc1)CNCC1CCOC1. The van der Waals surface area contributed by atoms with Crippen molar-refractivity contribution in [2.75, 3.05) is 26.3 Å². The minimum absolute atomic E-state index is 0.679. The van der Waals surface area contributed by atoms with Gasteiger partial charge in [-0.05, 0) is 24.5 Å². The van der Waals surface area contributed by atoms with E-state index in [0.29, 0.717) is 5.92 Å². The van der Waals surface area contributed by atoms with Crippen molar-refractivity contribution in [1.82, 2.24) is 5.32 Å². The number of hydrogen-bond acceptors (Lipinski definition) is 2. The summed E-state index contributed by atoms with van der Waals surface area (Å²) in [6.07, 6.45) is 1.18. The number of nitrogens with one attached hydrogen (secondary N) is 1. The molecule has 2 heteroatoms. The van der Waals surface area contributed by atoms with Crippen LogP contribution in [0.4, 0.5) is 0 Å². The Balaban J connectivity index is 1.66. The van der Waals surface area contributed by atoms with Crippen LogP contribution in [-0.2, 0) is 4.74 Å². The predicted octanol–water partition coefficient (Wildman–Crippen LogP) is 1.66. The van der Waals surface area contributed by atoms with E-state index in [9.17, 15) is 0 Å². The Morgan fingerprint density at radius 1 is 1.31 bits per heavy atom. The number of ether oxygens (including phenoxy) is 1. The predicted molar refractivity (Wildman–Crippen MR) is 65.1 cm³/mol. The summed E-state index contributed by atoms with van der Waals surface area (Å²) in [6, 6.07) is 10.1. The molecule has 1 fully saturated rings. The van der Waals surface area contributed by atoms with Crippen molar-refractivity contribution >= 4 is 0 Å². The van der Waals surface area contributed by atoms with Gasteiger partial charge in [-0.1, -0.05) is 30.0 Å². The van der Waals surface area contributed by atoms with E-state index >= 15 is 0 Å². The molecule has 16 heavy (non-hydrogen) atoms. The smallest absolute Gasteiger partial charge is 0.0580 e. The second-order valence-corrected chi connectivity index (χ2v) is 4.03. The molecule has 1 aliphatic heterocycles. The molecule has 0 spiro atoms. The Morgan fingerprint density at radius 3 is 2.94 bits per heavy atom. The van der Waals surface area contributed by atoms with E-state index in [1.54, 1.807) is 0 Å². The van der Waals surface area contributed by atoms with Gasteiger partial charge in [-0.15, -0.1) is 0 Å². The Kier molecular flexibility index (Phi) is 4.42. The molecule has 1 atom stereocenters. The maximum absolute atomic E-state index is 5.31. The van der Waals surface area contributed by atoms with Crippen LogP contribution in [0.2, 0.25) is 0 Å². The van der Waals surface area contributed by atoms with Crippen LogP contribution in [0.5, 0.6) is 0 Å².